The summed E-state index contributed by atoms with van der Waals surface area (Å²) < 4.78 is 0. The van der Waals surface area contributed by atoms with Gasteiger partial charge < -0.3 is 0 Å². The molecule has 10 heavy (non-hydrogen) atoms. The van der Waals surface area contributed by atoms with Crippen LogP contribution in [0.3, 0.4) is 0 Å². The Balaban J connectivity index is 0.000000810. The zero-order chi connectivity index (χ0) is 6.53. The molecule has 0 aliphatic carbocycles. The molecule has 0 bridgehead atoms. The van der Waals surface area contributed by atoms with E-state index >= 15 is 0 Å². The maximum absolute atomic E-state index is 9.55. The van der Waals surface area contributed by atoms with Crippen LogP contribution in [-0.4, -0.2) is 39.5 Å². The van der Waals surface area contributed by atoms with Crippen LogP contribution in [0.25, 0.3) is 0 Å². The molecule has 0 unspecified atom stereocenters. The van der Waals surface area contributed by atoms with Crippen LogP contribution in [0.4, 0.5) is 5.82 Å². The van der Waals surface area contributed by atoms with Crippen molar-refractivity contribution in [2.75, 3.05) is 5.43 Å². The molecule has 0 aliphatic rings. The number of anilines is 1. The van der Waals surface area contributed by atoms with E-state index in [0.717, 1.165) is 0 Å². The fraction of sp³-hybridized carbons (Fsp3) is 0. The first-order valence-corrected chi connectivity index (χ1v) is 2.28. The van der Waals surface area contributed by atoms with Crippen molar-refractivity contribution in [2.45, 2.75) is 0 Å². The first-order valence-electron chi connectivity index (χ1n) is 2.28. The normalized spacial score (nSPS) is 7.60. The van der Waals surface area contributed by atoms with Gasteiger partial charge in [0.2, 0.25) is 0 Å². The number of nitrogens with one attached hydrogen (secondary N) is 1. The second-order valence-corrected chi connectivity index (χ2v) is 1.29. The molecule has 1 radical (unpaired) electrons. The van der Waals surface area contributed by atoms with E-state index in [1.807, 2.05) is 0 Å². The number of rotatable bonds is 2. The monoisotopic (exact) mass is 147 g/mol. The van der Waals surface area contributed by atoms with Crippen molar-refractivity contribution < 1.29 is 0 Å². The Bertz CT molecular complexity index is 192. The van der Waals surface area contributed by atoms with Gasteiger partial charge in [0.15, 0.2) is 5.82 Å². The Kier molecular flexibility index (Phi) is 5.00. The number of nitrogens with zero attached hydrogens (tertiary/aromatic N) is 3. The number of nitroso groups, excluding NO2 is 1. The van der Waals surface area contributed by atoms with Crippen LogP contribution in [0.15, 0.2) is 23.9 Å². The minimum atomic E-state index is 0. The summed E-state index contributed by atoms with van der Waals surface area (Å²) in [7, 11) is 0. The van der Waals surface area contributed by atoms with Crippen LogP contribution < -0.4 is 5.43 Å². The Morgan fingerprint density at radius 1 is 1.50 bits per heavy atom. The average molecular weight is 147 g/mol. The van der Waals surface area contributed by atoms with Gasteiger partial charge in [-0.25, -0.2) is 10.4 Å². The van der Waals surface area contributed by atoms with Gasteiger partial charge in [0.05, 0.1) is 11.5 Å². The second-order valence-electron chi connectivity index (χ2n) is 1.29. The minimum Gasteiger partial charge on any atom is -0.259 e. The van der Waals surface area contributed by atoms with Gasteiger partial charge >= 0.3 is 0 Å². The van der Waals surface area contributed by atoms with Gasteiger partial charge in [0, 0.05) is 42.0 Å². The molecule has 6 heteroatoms. The van der Waals surface area contributed by atoms with Crippen LogP contribution in [0, 0.1) is 4.91 Å². The van der Waals surface area contributed by atoms with E-state index < -0.39 is 0 Å². The van der Waals surface area contributed by atoms with E-state index in [0.29, 0.717) is 5.82 Å². The van der Waals surface area contributed by atoms with Crippen molar-refractivity contribution in [1.82, 2.24) is 9.97 Å². The molecule has 0 spiro atoms. The second kappa shape index (κ2) is 5.28. The summed E-state index contributed by atoms with van der Waals surface area (Å²) >= 11 is 0. The van der Waals surface area contributed by atoms with Gasteiger partial charge in [0.25, 0.3) is 0 Å². The van der Waals surface area contributed by atoms with Crippen LogP contribution in [0.2, 0.25) is 0 Å². The topological polar surface area (TPSA) is 67.2 Å². The summed E-state index contributed by atoms with van der Waals surface area (Å²) in [6.07, 6.45) is 4.38. The molecule has 5 nitrogen and oxygen atoms in total. The van der Waals surface area contributed by atoms with Gasteiger partial charge in [-0.05, 0) is 0 Å². The predicted octanol–water partition coefficient (Wildman–Crippen LogP) is 0.189. The number of aromatic nitrogens is 2. The van der Waals surface area contributed by atoms with Crippen molar-refractivity contribution >= 4 is 35.4 Å². The SMILES string of the molecule is O=NNc1cnccn1.[Na]. The summed E-state index contributed by atoms with van der Waals surface area (Å²) in [4.78, 5) is 16.9. The van der Waals surface area contributed by atoms with Crippen LogP contribution in [0.5, 0.6) is 0 Å². The van der Waals surface area contributed by atoms with Gasteiger partial charge in [-0.15, -0.1) is 4.91 Å². The molecule has 1 aromatic rings. The van der Waals surface area contributed by atoms with Gasteiger partial charge in [-0.3, -0.25) is 4.98 Å². The van der Waals surface area contributed by atoms with Gasteiger partial charge in [0.1, 0.15) is 0 Å². The molecule has 1 rings (SSSR count). The van der Waals surface area contributed by atoms with Gasteiger partial charge in [-0.2, -0.15) is 0 Å². The molecule has 0 amide bonds. The molecular formula is C4H4N4NaO. The zero-order valence-electron chi connectivity index (χ0n) is 5.48. The standard InChI is InChI=1S/C4H4N4O.Na/c9-8-7-4-3-5-1-2-6-4;/h1-3H,(H,6,7,9);. The first-order chi connectivity index (χ1) is 4.43. The minimum absolute atomic E-state index is 0. The molecule has 0 saturated heterocycles. The average Bonchev–Trinajstić information content (AvgIpc) is 1.91. The van der Waals surface area contributed by atoms with Crippen molar-refractivity contribution in [3.05, 3.63) is 23.5 Å². The molecule has 0 saturated carbocycles. The largest absolute Gasteiger partial charge is 0.259 e. The Morgan fingerprint density at radius 3 is 2.80 bits per heavy atom. The Labute approximate surface area is 79.5 Å². The van der Waals surface area contributed by atoms with Crippen molar-refractivity contribution in [1.29, 1.82) is 0 Å². The van der Waals surface area contributed by atoms with E-state index in [4.69, 9.17) is 0 Å². The van der Waals surface area contributed by atoms with E-state index in [2.05, 4.69) is 20.7 Å². The molecule has 0 fully saturated rings. The van der Waals surface area contributed by atoms with E-state index in [9.17, 15) is 4.91 Å². The third-order valence-corrected chi connectivity index (χ3v) is 0.723. The summed E-state index contributed by atoms with van der Waals surface area (Å²) in [5.41, 5.74) is 2.10. The fourth-order valence-electron chi connectivity index (χ4n) is 0.404. The quantitative estimate of drug-likeness (QED) is 0.368. The zero-order valence-corrected chi connectivity index (χ0v) is 7.48. The summed E-state index contributed by atoms with van der Waals surface area (Å²) in [5.74, 6) is 0.354. The maximum atomic E-state index is 9.55. The summed E-state index contributed by atoms with van der Waals surface area (Å²) in [6.45, 7) is 0. The fourth-order valence-corrected chi connectivity index (χ4v) is 0.404. The van der Waals surface area contributed by atoms with Gasteiger partial charge in [-0.1, -0.05) is 0 Å². The smallest absolute Gasteiger partial charge is 0.167 e. The van der Waals surface area contributed by atoms with Crippen molar-refractivity contribution in [3.8, 4) is 0 Å². The molecule has 0 aromatic carbocycles. The molecule has 0 aliphatic heterocycles. The number of hydrogen-bond donors (Lipinski definition) is 1. The van der Waals surface area contributed by atoms with Crippen LogP contribution in [-0.2, 0) is 0 Å². The molecule has 1 N–H and O–H groups in total. The Hall–Kier alpha value is -0.520. The third-order valence-electron chi connectivity index (χ3n) is 0.723. The van der Waals surface area contributed by atoms with E-state index in [-0.39, 0.29) is 29.6 Å². The Morgan fingerprint density at radius 2 is 2.30 bits per heavy atom. The number of hydrogen-bond acceptors (Lipinski definition) is 4. The van der Waals surface area contributed by atoms with Crippen molar-refractivity contribution in [3.63, 3.8) is 0 Å². The molecule has 47 valence electrons. The molecule has 1 heterocycles. The predicted molar refractivity (Wildman–Crippen MR) is 37.2 cm³/mol. The molecule has 1 aromatic heterocycles. The molecular weight excluding hydrogens is 143 g/mol. The summed E-state index contributed by atoms with van der Waals surface area (Å²) in [5, 5.41) is 2.40. The first kappa shape index (κ1) is 9.48. The van der Waals surface area contributed by atoms with Crippen LogP contribution >= 0.6 is 0 Å². The van der Waals surface area contributed by atoms with Crippen LogP contribution in [0.1, 0.15) is 0 Å². The van der Waals surface area contributed by atoms with E-state index in [1.54, 1.807) is 0 Å². The third kappa shape index (κ3) is 2.86. The van der Waals surface area contributed by atoms with Crippen molar-refractivity contribution in [2.24, 2.45) is 5.29 Å². The maximum Gasteiger partial charge on any atom is 0.167 e. The van der Waals surface area contributed by atoms with E-state index in [1.165, 1.54) is 18.6 Å². The molecule has 0 atom stereocenters. The summed E-state index contributed by atoms with van der Waals surface area (Å²) in [6, 6.07) is 0.